The predicted octanol–water partition coefficient (Wildman–Crippen LogP) is 2.69. The maximum Gasteiger partial charge on any atom is 0.286 e. The highest BCUT2D eigenvalue weighted by Gasteiger charge is 2.08. The van der Waals surface area contributed by atoms with E-state index in [0.29, 0.717) is 26.1 Å². The summed E-state index contributed by atoms with van der Waals surface area (Å²) in [6.45, 7) is 3.33. The zero-order valence-electron chi connectivity index (χ0n) is 21.0. The van der Waals surface area contributed by atoms with Gasteiger partial charge in [0, 0.05) is 18.7 Å². The molecule has 0 aromatic carbocycles. The van der Waals surface area contributed by atoms with Crippen molar-refractivity contribution >= 4 is 5.91 Å². The quantitative estimate of drug-likeness (QED) is 0.151. The lowest BCUT2D eigenvalue weighted by atomic mass is 10.0. The molecule has 6 heteroatoms. The molecule has 1 heterocycles. The Morgan fingerprint density at radius 2 is 1.30 bits per heavy atom. The number of ether oxygens (including phenoxy) is 1. The van der Waals surface area contributed by atoms with Gasteiger partial charge in [0.2, 0.25) is 6.54 Å². The van der Waals surface area contributed by atoms with E-state index >= 15 is 0 Å². The smallest absolute Gasteiger partial charge is 0.286 e. The summed E-state index contributed by atoms with van der Waals surface area (Å²) in [4.78, 5) is 11.8. The van der Waals surface area contributed by atoms with Gasteiger partial charge in [-0.3, -0.25) is 4.79 Å². The van der Waals surface area contributed by atoms with Crippen LogP contribution in [-0.2, 0) is 16.1 Å². The van der Waals surface area contributed by atoms with Crippen molar-refractivity contribution in [2.75, 3.05) is 13.2 Å². The number of nitrogens with zero attached hydrogens (tertiary/aromatic N) is 1. The highest BCUT2D eigenvalue weighted by Crippen LogP contribution is 2.14. The van der Waals surface area contributed by atoms with Crippen molar-refractivity contribution in [3.63, 3.8) is 0 Å². The van der Waals surface area contributed by atoms with Gasteiger partial charge >= 0.3 is 0 Å². The number of rotatable bonds is 22. The molecule has 0 spiro atoms. The van der Waals surface area contributed by atoms with Gasteiger partial charge in [0.25, 0.3) is 5.91 Å². The molecule has 2 N–H and O–H groups in total. The largest absolute Gasteiger partial charge is 1.00 e. The lowest BCUT2D eigenvalue weighted by Crippen LogP contribution is -3.00. The first-order valence-corrected chi connectivity index (χ1v) is 13.2. The van der Waals surface area contributed by atoms with Gasteiger partial charge in [-0.15, -0.1) is 0 Å². The maximum atomic E-state index is 11.8. The third kappa shape index (κ3) is 21.1. The molecule has 192 valence electrons. The summed E-state index contributed by atoms with van der Waals surface area (Å²) in [6, 6.07) is 5.71. The molecule has 1 aromatic rings. The van der Waals surface area contributed by atoms with Gasteiger partial charge in [0.05, 0.1) is 6.61 Å². The number of hydrogen-bond acceptors (Lipinski definition) is 3. The van der Waals surface area contributed by atoms with E-state index in [-0.39, 0.29) is 18.3 Å². The Morgan fingerprint density at radius 3 is 1.82 bits per heavy atom. The van der Waals surface area contributed by atoms with Crippen molar-refractivity contribution < 1.29 is 31.6 Å². The van der Waals surface area contributed by atoms with E-state index < -0.39 is 6.29 Å². The SMILES string of the molecule is CCCCCCCCCCCCCCCCCC(O)OCCNC(=O)C[n+]1ccccc1.[Cl-]. The Balaban J connectivity index is 0.0000102. The van der Waals surface area contributed by atoms with E-state index in [1.807, 2.05) is 35.2 Å². The first-order chi connectivity index (χ1) is 15.7. The molecule has 0 bridgehead atoms. The number of hydrogen-bond donors (Lipinski definition) is 2. The maximum absolute atomic E-state index is 11.8. The fourth-order valence-corrected chi connectivity index (χ4v) is 3.92. The molecule has 1 aromatic heterocycles. The van der Waals surface area contributed by atoms with E-state index in [0.717, 1.165) is 12.8 Å². The summed E-state index contributed by atoms with van der Waals surface area (Å²) < 4.78 is 7.22. The second kappa shape index (κ2) is 24.0. The summed E-state index contributed by atoms with van der Waals surface area (Å²) >= 11 is 0. The van der Waals surface area contributed by atoms with Crippen molar-refractivity contribution in [2.24, 2.45) is 0 Å². The fourth-order valence-electron chi connectivity index (χ4n) is 3.92. The summed E-state index contributed by atoms with van der Waals surface area (Å²) in [5, 5.41) is 12.7. The normalized spacial score (nSPS) is 11.7. The molecule has 33 heavy (non-hydrogen) atoms. The first-order valence-electron chi connectivity index (χ1n) is 13.2. The van der Waals surface area contributed by atoms with E-state index in [1.165, 1.54) is 83.5 Å². The van der Waals surface area contributed by atoms with Gasteiger partial charge in [-0.25, -0.2) is 0 Å². The number of carbonyl (C=O) groups is 1. The van der Waals surface area contributed by atoms with Crippen molar-refractivity contribution in [2.45, 2.75) is 122 Å². The Bertz CT molecular complexity index is 545. The molecule has 1 rings (SSSR count). The molecule has 1 unspecified atom stereocenters. The first kappa shape index (κ1) is 31.8. The number of pyridine rings is 1. The third-order valence-electron chi connectivity index (χ3n) is 5.89. The molecule has 1 amide bonds. The number of aliphatic hydroxyl groups is 1. The van der Waals surface area contributed by atoms with Crippen LogP contribution in [0.5, 0.6) is 0 Å². The molecule has 0 fully saturated rings. The van der Waals surface area contributed by atoms with Gasteiger partial charge in [0.15, 0.2) is 18.7 Å². The molecule has 0 saturated heterocycles. The van der Waals surface area contributed by atoms with Crippen molar-refractivity contribution in [1.82, 2.24) is 5.32 Å². The number of carbonyl (C=O) groups excluding carboxylic acids is 1. The standard InChI is InChI=1S/C27H48N2O3.ClH/c1-2-3-4-5-6-7-8-9-10-11-12-13-14-15-17-20-27(31)32-24-21-28-26(30)25-29-22-18-16-19-23-29;/h16,18-19,22-23,27,31H,2-15,17,20-21,24-25H2,1H3;1H. The molecule has 1 atom stereocenters. The minimum absolute atomic E-state index is 0. The second-order valence-corrected chi connectivity index (χ2v) is 8.96. The number of nitrogens with one attached hydrogen (secondary N) is 1. The van der Waals surface area contributed by atoms with Crippen LogP contribution in [-0.4, -0.2) is 30.5 Å². The summed E-state index contributed by atoms with van der Waals surface area (Å²) in [7, 11) is 0. The molecule has 0 radical (unpaired) electrons. The van der Waals surface area contributed by atoms with Gasteiger partial charge in [-0.1, -0.05) is 103 Å². The molecule has 5 nitrogen and oxygen atoms in total. The van der Waals surface area contributed by atoms with Crippen molar-refractivity contribution in [1.29, 1.82) is 0 Å². The molecular weight excluding hydrogens is 436 g/mol. The topological polar surface area (TPSA) is 62.4 Å². The Labute approximate surface area is 209 Å². The second-order valence-electron chi connectivity index (χ2n) is 8.96. The number of unbranched alkanes of at least 4 members (excludes halogenated alkanes) is 14. The van der Waals surface area contributed by atoms with Gasteiger partial charge in [-0.05, 0) is 12.8 Å². The van der Waals surface area contributed by atoms with Crippen LogP contribution in [0.1, 0.15) is 110 Å². The van der Waals surface area contributed by atoms with E-state index in [9.17, 15) is 9.90 Å². The molecule has 0 aliphatic carbocycles. The lowest BCUT2D eigenvalue weighted by molar-refractivity contribution is -0.684. The molecule has 0 saturated carbocycles. The average molecular weight is 485 g/mol. The van der Waals surface area contributed by atoms with Crippen LogP contribution in [0.25, 0.3) is 0 Å². The van der Waals surface area contributed by atoms with Gasteiger partial charge in [-0.2, -0.15) is 4.57 Å². The predicted molar refractivity (Wildman–Crippen MR) is 131 cm³/mol. The Kier molecular flexibility index (Phi) is 23.1. The van der Waals surface area contributed by atoms with Crippen LogP contribution in [0, 0.1) is 0 Å². The monoisotopic (exact) mass is 484 g/mol. The highest BCUT2D eigenvalue weighted by atomic mass is 35.5. The third-order valence-corrected chi connectivity index (χ3v) is 5.89. The molecular formula is C27H49ClN2O3. The molecule has 0 aliphatic heterocycles. The number of aliphatic hydroxyl groups excluding tert-OH is 1. The number of halogens is 1. The lowest BCUT2D eigenvalue weighted by Gasteiger charge is -2.12. The van der Waals surface area contributed by atoms with E-state index in [2.05, 4.69) is 12.2 Å². The summed E-state index contributed by atoms with van der Waals surface area (Å²) in [5.41, 5.74) is 0. The average Bonchev–Trinajstić information content (AvgIpc) is 2.80. The van der Waals surface area contributed by atoms with Gasteiger partial charge < -0.3 is 27.6 Å². The Hall–Kier alpha value is -1.17. The zero-order valence-corrected chi connectivity index (χ0v) is 21.7. The van der Waals surface area contributed by atoms with E-state index in [1.54, 1.807) is 0 Å². The Morgan fingerprint density at radius 1 is 0.818 bits per heavy atom. The highest BCUT2D eigenvalue weighted by molar-refractivity contribution is 5.74. The van der Waals surface area contributed by atoms with Crippen molar-refractivity contribution in [3.05, 3.63) is 30.6 Å². The van der Waals surface area contributed by atoms with E-state index in [4.69, 9.17) is 4.74 Å². The minimum atomic E-state index is -0.725. The van der Waals surface area contributed by atoms with Crippen LogP contribution < -0.4 is 22.3 Å². The zero-order chi connectivity index (χ0) is 23.1. The fraction of sp³-hybridized carbons (Fsp3) is 0.778. The van der Waals surface area contributed by atoms with Crippen LogP contribution >= 0.6 is 0 Å². The number of aromatic nitrogens is 1. The van der Waals surface area contributed by atoms with Crippen LogP contribution in [0.3, 0.4) is 0 Å². The summed E-state index contributed by atoms with van der Waals surface area (Å²) in [5.74, 6) is -0.0540. The minimum Gasteiger partial charge on any atom is -1.00 e. The van der Waals surface area contributed by atoms with Gasteiger partial charge in [0.1, 0.15) is 0 Å². The molecule has 0 aliphatic rings. The van der Waals surface area contributed by atoms with Crippen LogP contribution in [0.2, 0.25) is 0 Å². The van der Waals surface area contributed by atoms with Crippen LogP contribution in [0.4, 0.5) is 0 Å². The number of amides is 1. The van der Waals surface area contributed by atoms with Crippen LogP contribution in [0.15, 0.2) is 30.6 Å². The van der Waals surface area contributed by atoms with Crippen molar-refractivity contribution in [3.8, 4) is 0 Å². The summed E-state index contributed by atoms with van der Waals surface area (Å²) in [6.07, 6.45) is 23.7.